The number of anilines is 2. The van der Waals surface area contributed by atoms with Gasteiger partial charge in [-0.3, -0.25) is 5.32 Å². The first kappa shape index (κ1) is 16.6. The number of ether oxygens (including phenoxy) is 2. The van der Waals surface area contributed by atoms with E-state index in [0.717, 1.165) is 5.56 Å². The zero-order valence-corrected chi connectivity index (χ0v) is 13.3. The lowest BCUT2D eigenvalue weighted by molar-refractivity contribution is 0.155. The zero-order chi connectivity index (χ0) is 16.7. The van der Waals surface area contributed by atoms with Crippen molar-refractivity contribution in [2.24, 2.45) is 5.92 Å². The molecule has 6 nitrogen and oxygen atoms in total. The third kappa shape index (κ3) is 5.86. The number of nitrogens with two attached hydrogens (primary N) is 1. The van der Waals surface area contributed by atoms with Gasteiger partial charge in [-0.15, -0.1) is 0 Å². The molecule has 0 aliphatic rings. The summed E-state index contributed by atoms with van der Waals surface area (Å²) in [6.45, 7) is 4.84. The van der Waals surface area contributed by atoms with Crippen molar-refractivity contribution in [3.05, 3.63) is 48.0 Å². The second-order valence-electron chi connectivity index (χ2n) is 5.50. The summed E-state index contributed by atoms with van der Waals surface area (Å²) in [6.07, 6.45) is -0.596. The minimum atomic E-state index is -0.596. The molecule has 0 radical (unpaired) electrons. The molecular formula is C17H21N3O3. The number of amides is 1. The topological polar surface area (TPSA) is 86.5 Å². The largest absolute Gasteiger partial charge is 0.493 e. The van der Waals surface area contributed by atoms with E-state index in [9.17, 15) is 4.79 Å². The summed E-state index contributed by atoms with van der Waals surface area (Å²) in [5.41, 5.74) is 6.63. The van der Waals surface area contributed by atoms with Gasteiger partial charge in [0, 0.05) is 12.1 Å². The summed E-state index contributed by atoms with van der Waals surface area (Å²) < 4.78 is 10.7. The fraction of sp³-hybridized carbons (Fsp3) is 0.294. The molecule has 0 atom stereocenters. The lowest BCUT2D eigenvalue weighted by Gasteiger charge is -2.11. The van der Waals surface area contributed by atoms with Crippen molar-refractivity contribution in [2.45, 2.75) is 20.5 Å². The van der Waals surface area contributed by atoms with E-state index in [1.165, 1.54) is 0 Å². The lowest BCUT2D eigenvalue weighted by Crippen LogP contribution is -2.15. The molecule has 1 heterocycles. The van der Waals surface area contributed by atoms with Crippen LogP contribution in [0.4, 0.5) is 16.4 Å². The molecule has 0 aliphatic heterocycles. The second-order valence-corrected chi connectivity index (χ2v) is 5.50. The van der Waals surface area contributed by atoms with Crippen LogP contribution in [0.3, 0.4) is 0 Å². The Balaban J connectivity index is 1.92. The molecule has 1 aromatic carbocycles. The first-order chi connectivity index (χ1) is 11.0. The highest BCUT2D eigenvalue weighted by Gasteiger charge is 2.08. The average Bonchev–Trinajstić information content (AvgIpc) is 2.51. The van der Waals surface area contributed by atoms with Gasteiger partial charge >= 0.3 is 6.09 Å². The van der Waals surface area contributed by atoms with Crippen LogP contribution < -0.4 is 15.8 Å². The molecule has 3 N–H and O–H groups in total. The maximum absolute atomic E-state index is 11.8. The Morgan fingerprint density at radius 1 is 1.26 bits per heavy atom. The smallest absolute Gasteiger partial charge is 0.413 e. The van der Waals surface area contributed by atoms with E-state index in [-0.39, 0.29) is 12.4 Å². The van der Waals surface area contributed by atoms with Gasteiger partial charge in [0.2, 0.25) is 0 Å². The second kappa shape index (κ2) is 8.03. The van der Waals surface area contributed by atoms with Crippen molar-refractivity contribution >= 4 is 17.7 Å². The number of hydrogen-bond donors (Lipinski definition) is 2. The molecule has 1 aromatic heterocycles. The Kier molecular flexibility index (Phi) is 5.80. The monoisotopic (exact) mass is 315 g/mol. The van der Waals surface area contributed by atoms with Crippen LogP contribution in [0.1, 0.15) is 19.4 Å². The van der Waals surface area contributed by atoms with Crippen LogP contribution in [0.2, 0.25) is 0 Å². The number of carbonyl (C=O) groups excluding carboxylic acids is 1. The van der Waals surface area contributed by atoms with Crippen LogP contribution in [-0.2, 0) is 11.3 Å². The number of rotatable bonds is 6. The maximum Gasteiger partial charge on any atom is 0.413 e. The van der Waals surface area contributed by atoms with Crippen molar-refractivity contribution < 1.29 is 14.3 Å². The van der Waals surface area contributed by atoms with Crippen LogP contribution in [0, 0.1) is 5.92 Å². The fourth-order valence-electron chi connectivity index (χ4n) is 1.80. The van der Waals surface area contributed by atoms with Crippen molar-refractivity contribution in [1.29, 1.82) is 0 Å². The third-order valence-corrected chi connectivity index (χ3v) is 2.84. The van der Waals surface area contributed by atoms with Crippen molar-refractivity contribution in [2.75, 3.05) is 17.7 Å². The number of nitrogens with zero attached hydrogens (tertiary/aromatic N) is 1. The van der Waals surface area contributed by atoms with E-state index in [1.807, 2.05) is 44.2 Å². The average molecular weight is 315 g/mol. The van der Waals surface area contributed by atoms with Crippen molar-refractivity contribution in [1.82, 2.24) is 4.98 Å². The van der Waals surface area contributed by atoms with Crippen LogP contribution in [0.15, 0.2) is 42.5 Å². The summed E-state index contributed by atoms with van der Waals surface area (Å²) in [7, 11) is 0. The molecule has 0 bridgehead atoms. The van der Waals surface area contributed by atoms with Gasteiger partial charge in [-0.05, 0) is 11.5 Å². The lowest BCUT2D eigenvalue weighted by atomic mass is 10.2. The van der Waals surface area contributed by atoms with Crippen LogP contribution in [-0.4, -0.2) is 17.7 Å². The van der Waals surface area contributed by atoms with Gasteiger partial charge in [0.1, 0.15) is 24.0 Å². The summed E-state index contributed by atoms with van der Waals surface area (Å²) in [4.78, 5) is 15.9. The number of benzene rings is 1. The van der Waals surface area contributed by atoms with Crippen LogP contribution >= 0.6 is 0 Å². The first-order valence-electron chi connectivity index (χ1n) is 7.41. The van der Waals surface area contributed by atoms with Gasteiger partial charge < -0.3 is 15.2 Å². The van der Waals surface area contributed by atoms with Gasteiger partial charge in [0.15, 0.2) is 0 Å². The minimum Gasteiger partial charge on any atom is -0.493 e. The molecule has 0 fully saturated rings. The van der Waals surface area contributed by atoms with E-state index in [0.29, 0.717) is 24.1 Å². The molecule has 1 amide bonds. The van der Waals surface area contributed by atoms with E-state index < -0.39 is 6.09 Å². The molecule has 0 saturated carbocycles. The normalized spacial score (nSPS) is 10.4. The van der Waals surface area contributed by atoms with E-state index in [4.69, 9.17) is 15.2 Å². The van der Waals surface area contributed by atoms with E-state index in [1.54, 1.807) is 12.1 Å². The van der Waals surface area contributed by atoms with E-state index >= 15 is 0 Å². The summed E-state index contributed by atoms with van der Waals surface area (Å²) in [6, 6.07) is 12.7. The summed E-state index contributed by atoms with van der Waals surface area (Å²) in [5.74, 6) is 1.51. The van der Waals surface area contributed by atoms with Gasteiger partial charge in [-0.2, -0.15) is 0 Å². The van der Waals surface area contributed by atoms with E-state index in [2.05, 4.69) is 10.3 Å². The van der Waals surface area contributed by atoms with Crippen molar-refractivity contribution in [3.8, 4) is 5.75 Å². The number of nitrogen functional groups attached to an aromatic ring is 1. The third-order valence-electron chi connectivity index (χ3n) is 2.84. The van der Waals surface area contributed by atoms with Crippen molar-refractivity contribution in [3.63, 3.8) is 0 Å². The predicted molar refractivity (Wildman–Crippen MR) is 89.2 cm³/mol. The highest BCUT2D eigenvalue weighted by Crippen LogP contribution is 2.20. The number of hydrogen-bond acceptors (Lipinski definition) is 5. The molecule has 0 spiro atoms. The number of carbonyl (C=O) groups is 1. The maximum atomic E-state index is 11.8. The highest BCUT2D eigenvalue weighted by molar-refractivity contribution is 5.83. The Labute approximate surface area is 135 Å². The van der Waals surface area contributed by atoms with Gasteiger partial charge in [-0.1, -0.05) is 44.2 Å². The molecule has 6 heteroatoms. The Morgan fingerprint density at radius 3 is 2.70 bits per heavy atom. The molecule has 2 aromatic rings. The van der Waals surface area contributed by atoms with Crippen LogP contribution in [0.25, 0.3) is 0 Å². The molecule has 23 heavy (non-hydrogen) atoms. The molecule has 0 unspecified atom stereocenters. The predicted octanol–water partition coefficient (Wildman–Crippen LogP) is 3.45. The zero-order valence-electron chi connectivity index (χ0n) is 13.3. The molecular weight excluding hydrogens is 294 g/mol. The molecule has 122 valence electrons. The number of nitrogens with one attached hydrogen (secondary N) is 1. The fourth-order valence-corrected chi connectivity index (χ4v) is 1.80. The molecule has 0 aliphatic carbocycles. The molecule has 0 saturated heterocycles. The van der Waals surface area contributed by atoms with Gasteiger partial charge in [0.05, 0.1) is 6.61 Å². The highest BCUT2D eigenvalue weighted by atomic mass is 16.5. The van der Waals surface area contributed by atoms with Gasteiger partial charge in [0.25, 0.3) is 0 Å². The minimum absolute atomic E-state index is 0.186. The SMILES string of the molecule is CC(C)COc1cc(N)nc(NC(=O)OCc2ccccc2)c1. The number of aromatic nitrogens is 1. The Morgan fingerprint density at radius 2 is 2.00 bits per heavy atom. The summed E-state index contributed by atoms with van der Waals surface area (Å²) in [5, 5.41) is 2.55. The Hall–Kier alpha value is -2.76. The quantitative estimate of drug-likeness (QED) is 0.852. The first-order valence-corrected chi connectivity index (χ1v) is 7.41. The van der Waals surface area contributed by atoms with Crippen LogP contribution in [0.5, 0.6) is 5.75 Å². The Bertz CT molecular complexity index is 645. The molecule has 2 rings (SSSR count). The standard InChI is InChI=1S/C17H21N3O3/c1-12(2)10-22-14-8-15(18)19-16(9-14)20-17(21)23-11-13-6-4-3-5-7-13/h3-9,12H,10-11H2,1-2H3,(H3,18,19,20,21). The van der Waals surface area contributed by atoms with Gasteiger partial charge in [-0.25, -0.2) is 9.78 Å². The number of pyridine rings is 1. The summed E-state index contributed by atoms with van der Waals surface area (Å²) >= 11 is 0.